The van der Waals surface area contributed by atoms with Crippen molar-refractivity contribution in [2.45, 2.75) is 0 Å². The Bertz CT molecular complexity index is 946. The molecule has 0 amide bonds. The highest BCUT2D eigenvalue weighted by Crippen LogP contribution is 2.21. The van der Waals surface area contributed by atoms with E-state index in [2.05, 4.69) is 25.0 Å². The van der Waals surface area contributed by atoms with Crippen LogP contribution in [0.2, 0.25) is 0 Å². The second kappa shape index (κ2) is 6.00. The van der Waals surface area contributed by atoms with E-state index in [4.69, 9.17) is 0 Å². The Kier molecular flexibility index (Phi) is 3.55. The molecule has 0 aliphatic heterocycles. The van der Waals surface area contributed by atoms with Crippen molar-refractivity contribution in [1.82, 2.24) is 29.7 Å². The zero-order valence-electron chi connectivity index (χ0n) is 13.0. The second-order valence-corrected chi connectivity index (χ2v) is 5.29. The molecule has 0 saturated carbocycles. The molecule has 0 N–H and O–H groups in total. The molecular formula is C18H14N6. The van der Waals surface area contributed by atoms with Crippen LogP contribution >= 0.6 is 0 Å². The lowest BCUT2D eigenvalue weighted by molar-refractivity contribution is 0.776. The molecule has 4 aromatic rings. The Morgan fingerprint density at radius 2 is 1.50 bits per heavy atom. The summed E-state index contributed by atoms with van der Waals surface area (Å²) in [5.74, 6) is 2.03. The van der Waals surface area contributed by atoms with Crippen LogP contribution in [0.3, 0.4) is 0 Å². The Balaban J connectivity index is 1.68. The summed E-state index contributed by atoms with van der Waals surface area (Å²) >= 11 is 0. The highest BCUT2D eigenvalue weighted by Gasteiger charge is 2.12. The summed E-state index contributed by atoms with van der Waals surface area (Å²) in [5.41, 5.74) is 2.68. The van der Waals surface area contributed by atoms with E-state index < -0.39 is 0 Å². The minimum absolute atomic E-state index is 0.593. The zero-order chi connectivity index (χ0) is 16.4. The van der Waals surface area contributed by atoms with Crippen LogP contribution in [-0.4, -0.2) is 29.7 Å². The Morgan fingerprint density at radius 3 is 2.21 bits per heavy atom. The fraction of sp³-hybridized carbons (Fsp3) is 0.0556. The standard InChI is InChI=1S/C18H14N6/c1-24-18(14-8-5-9-19-10-14)22-17(23-24)15-11-20-16(21-12-15)13-6-3-2-4-7-13/h2-12H,1H3. The van der Waals surface area contributed by atoms with Crippen LogP contribution in [0.25, 0.3) is 34.2 Å². The first-order valence-electron chi connectivity index (χ1n) is 7.50. The fourth-order valence-corrected chi connectivity index (χ4v) is 2.43. The van der Waals surface area contributed by atoms with Gasteiger partial charge in [-0.05, 0) is 12.1 Å². The first kappa shape index (κ1) is 14.2. The molecule has 0 radical (unpaired) electrons. The lowest BCUT2D eigenvalue weighted by Gasteiger charge is -2.00. The van der Waals surface area contributed by atoms with E-state index in [-0.39, 0.29) is 0 Å². The van der Waals surface area contributed by atoms with Crippen LogP contribution in [0.15, 0.2) is 67.3 Å². The molecule has 4 rings (SSSR count). The number of rotatable bonds is 3. The maximum Gasteiger partial charge on any atom is 0.184 e. The number of nitrogens with zero attached hydrogens (tertiary/aromatic N) is 6. The van der Waals surface area contributed by atoms with Gasteiger partial charge in [-0.1, -0.05) is 30.3 Å². The molecule has 3 heterocycles. The molecule has 0 atom stereocenters. The SMILES string of the molecule is Cn1nc(-c2cnc(-c3ccccc3)nc2)nc1-c1cccnc1. The summed E-state index contributed by atoms with van der Waals surface area (Å²) in [7, 11) is 1.86. The lowest BCUT2D eigenvalue weighted by atomic mass is 10.2. The first-order valence-corrected chi connectivity index (χ1v) is 7.50. The highest BCUT2D eigenvalue weighted by atomic mass is 15.3. The van der Waals surface area contributed by atoms with Crippen LogP contribution < -0.4 is 0 Å². The molecule has 116 valence electrons. The van der Waals surface area contributed by atoms with E-state index in [1.807, 2.05) is 49.5 Å². The van der Waals surface area contributed by atoms with Gasteiger partial charge in [0.2, 0.25) is 0 Å². The molecule has 0 fully saturated rings. The van der Waals surface area contributed by atoms with E-state index in [9.17, 15) is 0 Å². The van der Waals surface area contributed by atoms with Gasteiger partial charge in [-0.3, -0.25) is 4.98 Å². The summed E-state index contributed by atoms with van der Waals surface area (Å²) in [5, 5.41) is 4.46. The van der Waals surface area contributed by atoms with Gasteiger partial charge in [-0.2, -0.15) is 5.10 Å². The van der Waals surface area contributed by atoms with E-state index in [1.165, 1.54) is 0 Å². The molecule has 3 aromatic heterocycles. The van der Waals surface area contributed by atoms with Crippen LogP contribution in [0.5, 0.6) is 0 Å². The summed E-state index contributed by atoms with van der Waals surface area (Å²) in [4.78, 5) is 17.6. The van der Waals surface area contributed by atoms with Gasteiger partial charge in [0.25, 0.3) is 0 Å². The second-order valence-electron chi connectivity index (χ2n) is 5.29. The van der Waals surface area contributed by atoms with Crippen molar-refractivity contribution in [3.05, 3.63) is 67.3 Å². The largest absolute Gasteiger partial charge is 0.264 e. The quantitative estimate of drug-likeness (QED) is 0.581. The molecule has 0 unspecified atom stereocenters. The molecule has 24 heavy (non-hydrogen) atoms. The average molecular weight is 314 g/mol. The average Bonchev–Trinajstić information content (AvgIpc) is 3.05. The van der Waals surface area contributed by atoms with Crippen LogP contribution in [0.4, 0.5) is 0 Å². The minimum Gasteiger partial charge on any atom is -0.264 e. The molecule has 6 heteroatoms. The van der Waals surface area contributed by atoms with Crippen molar-refractivity contribution >= 4 is 0 Å². The van der Waals surface area contributed by atoms with Crippen molar-refractivity contribution in [2.75, 3.05) is 0 Å². The van der Waals surface area contributed by atoms with Crippen LogP contribution in [0, 0.1) is 0 Å². The first-order chi connectivity index (χ1) is 11.8. The van der Waals surface area contributed by atoms with E-state index in [1.54, 1.807) is 29.5 Å². The zero-order valence-corrected chi connectivity index (χ0v) is 13.0. The Hall–Kier alpha value is -3.41. The number of hydrogen-bond donors (Lipinski definition) is 0. The summed E-state index contributed by atoms with van der Waals surface area (Å²) in [6.07, 6.45) is 7.00. The fourth-order valence-electron chi connectivity index (χ4n) is 2.43. The molecule has 0 aliphatic rings. The van der Waals surface area contributed by atoms with Gasteiger partial charge < -0.3 is 0 Å². The number of aromatic nitrogens is 6. The highest BCUT2D eigenvalue weighted by molar-refractivity contribution is 5.61. The maximum absolute atomic E-state index is 4.58. The van der Waals surface area contributed by atoms with Gasteiger partial charge in [-0.25, -0.2) is 19.6 Å². The van der Waals surface area contributed by atoms with Crippen LogP contribution in [-0.2, 0) is 7.05 Å². The van der Waals surface area contributed by atoms with Gasteiger partial charge in [0.15, 0.2) is 17.5 Å². The normalized spacial score (nSPS) is 10.7. The number of pyridine rings is 1. The topological polar surface area (TPSA) is 69.4 Å². The van der Waals surface area contributed by atoms with Crippen molar-refractivity contribution in [3.63, 3.8) is 0 Å². The van der Waals surface area contributed by atoms with Crippen molar-refractivity contribution in [2.24, 2.45) is 7.05 Å². The van der Waals surface area contributed by atoms with Gasteiger partial charge in [0.1, 0.15) is 0 Å². The molecule has 6 nitrogen and oxygen atoms in total. The summed E-state index contributed by atoms with van der Waals surface area (Å²) < 4.78 is 1.73. The summed E-state index contributed by atoms with van der Waals surface area (Å²) in [6.45, 7) is 0. The molecule has 0 aliphatic carbocycles. The summed E-state index contributed by atoms with van der Waals surface area (Å²) in [6, 6.07) is 13.7. The predicted molar refractivity (Wildman–Crippen MR) is 90.7 cm³/mol. The van der Waals surface area contributed by atoms with Gasteiger partial charge in [0, 0.05) is 43.0 Å². The maximum atomic E-state index is 4.58. The molecule has 0 saturated heterocycles. The van der Waals surface area contributed by atoms with E-state index in [0.29, 0.717) is 11.6 Å². The van der Waals surface area contributed by atoms with Crippen molar-refractivity contribution in [1.29, 1.82) is 0 Å². The van der Waals surface area contributed by atoms with Crippen LogP contribution in [0.1, 0.15) is 0 Å². The monoisotopic (exact) mass is 314 g/mol. The lowest BCUT2D eigenvalue weighted by Crippen LogP contribution is -1.94. The Labute approximate surface area is 138 Å². The van der Waals surface area contributed by atoms with Gasteiger partial charge in [0.05, 0.1) is 5.56 Å². The molecule has 1 aromatic carbocycles. The van der Waals surface area contributed by atoms with Gasteiger partial charge in [-0.15, -0.1) is 0 Å². The minimum atomic E-state index is 0.593. The third-order valence-electron chi connectivity index (χ3n) is 3.62. The van der Waals surface area contributed by atoms with E-state index >= 15 is 0 Å². The molecular weight excluding hydrogens is 300 g/mol. The third-order valence-corrected chi connectivity index (χ3v) is 3.62. The smallest absolute Gasteiger partial charge is 0.184 e. The number of hydrogen-bond acceptors (Lipinski definition) is 5. The number of benzene rings is 1. The Morgan fingerprint density at radius 1 is 0.750 bits per heavy atom. The predicted octanol–water partition coefficient (Wildman–Crippen LogP) is 3.00. The molecule has 0 spiro atoms. The van der Waals surface area contributed by atoms with Crippen molar-refractivity contribution < 1.29 is 0 Å². The molecule has 0 bridgehead atoms. The third kappa shape index (κ3) is 2.65. The van der Waals surface area contributed by atoms with Crippen molar-refractivity contribution in [3.8, 4) is 34.2 Å². The van der Waals surface area contributed by atoms with E-state index in [0.717, 1.165) is 22.5 Å². The number of aryl methyl sites for hydroxylation is 1. The van der Waals surface area contributed by atoms with Gasteiger partial charge >= 0.3 is 0 Å².